The number of nitrogens with zero attached hydrogens (tertiary/aromatic N) is 10. The molecular formula is C60H72B2BrCl3F2N12O6S2. The Morgan fingerprint density at radius 2 is 1.01 bits per heavy atom. The van der Waals surface area contributed by atoms with E-state index in [2.05, 4.69) is 108 Å². The first-order valence-electron chi connectivity index (χ1n) is 28.0. The molecule has 2 N–H and O–H groups in total. The highest BCUT2D eigenvalue weighted by atomic mass is 79.9. The molecule has 2 fully saturated rings. The van der Waals surface area contributed by atoms with Crippen molar-refractivity contribution < 1.29 is 37.0 Å². The molecule has 2 aromatic carbocycles. The van der Waals surface area contributed by atoms with Crippen LogP contribution < -0.4 is 10.6 Å². The highest BCUT2D eigenvalue weighted by Crippen LogP contribution is 2.43. The van der Waals surface area contributed by atoms with Gasteiger partial charge in [0.25, 0.3) is 0 Å². The number of rotatable bonds is 14. The minimum atomic E-state index is -0.476. The summed E-state index contributed by atoms with van der Waals surface area (Å²) in [6.07, 6.45) is 14.5. The second kappa shape index (κ2) is 28.3. The Morgan fingerprint density at radius 1 is 0.602 bits per heavy atom. The maximum Gasteiger partial charge on any atom is 0.488 e. The van der Waals surface area contributed by atoms with E-state index in [0.717, 1.165) is 15.7 Å². The Bertz CT molecular complexity index is 3690. The van der Waals surface area contributed by atoms with Gasteiger partial charge in [0, 0.05) is 90.6 Å². The molecular weight excluding hydrogens is 1290 g/mol. The summed E-state index contributed by atoms with van der Waals surface area (Å²) in [5, 5.41) is 17.2. The van der Waals surface area contributed by atoms with Gasteiger partial charge in [-0.2, -0.15) is 10.2 Å². The molecule has 0 unspecified atom stereocenters. The van der Waals surface area contributed by atoms with Gasteiger partial charge in [0.15, 0.2) is 11.6 Å². The molecule has 10 rings (SSSR count). The maximum atomic E-state index is 15.0. The number of anilines is 4. The Morgan fingerprint density at radius 3 is 1.41 bits per heavy atom. The molecule has 0 aliphatic carbocycles. The van der Waals surface area contributed by atoms with Crippen molar-refractivity contribution in [2.75, 3.05) is 10.6 Å². The maximum absolute atomic E-state index is 15.0. The standard InChI is InChI=1S/C24H24ClFN6OS.C16H16BrClFNOS.C12H24B2O4.C8H8ClN5/c1-24(2,3)22-28-12-21(34-22)20(33)6-5-14-9-18(26)16(10-17(14)25)19-7-8-27-23(31-19)30-15-11-29-32(4)13-15;1-16(2,3)15-20-8-14(22-15)13(21)5-4-9-6-12(19)10(17)7-11(9)18;1-9(2)10(3,4)16-13(15-9)14-17-11(5,6)12(7,8)18-14;1-14-5-6(4-11-14)12-8-10-3-2-7(9)13-8/h7-13H,5-6H2,1-4H3,(H,27,30,31);6-8H,4-5H2,1-3H3;1-8H3;2-5H,1H3,(H,10,12,13). The van der Waals surface area contributed by atoms with Gasteiger partial charge in [-0.15, -0.1) is 22.7 Å². The van der Waals surface area contributed by atoms with E-state index >= 15 is 4.39 Å². The summed E-state index contributed by atoms with van der Waals surface area (Å²) >= 11 is 24.1. The lowest BCUT2D eigenvalue weighted by Crippen LogP contribution is -2.41. The van der Waals surface area contributed by atoms with Crippen LogP contribution in [-0.4, -0.2) is 97.5 Å². The average Bonchev–Trinajstić information content (AvgIpc) is 2.09. The fourth-order valence-electron chi connectivity index (χ4n) is 8.17. The monoisotopic (exact) mass is 1360 g/mol. The van der Waals surface area contributed by atoms with Gasteiger partial charge in [-0.1, -0.05) is 76.3 Å². The summed E-state index contributed by atoms with van der Waals surface area (Å²) in [5.41, 5.74) is 1.78. The van der Waals surface area contributed by atoms with Crippen molar-refractivity contribution >= 4 is 122 Å². The number of aromatic nitrogens is 10. The van der Waals surface area contributed by atoms with E-state index in [1.165, 1.54) is 46.9 Å². The molecule has 28 heteroatoms. The Kier molecular flexibility index (Phi) is 22.5. The molecule has 8 heterocycles. The van der Waals surface area contributed by atoms with Crippen LogP contribution in [0.25, 0.3) is 11.3 Å². The van der Waals surface area contributed by atoms with E-state index in [-0.39, 0.29) is 69.0 Å². The van der Waals surface area contributed by atoms with E-state index in [1.54, 1.807) is 71.9 Å². The minimum Gasteiger partial charge on any atom is -0.405 e. The number of nitrogens with one attached hydrogen (secondary N) is 2. The first-order chi connectivity index (χ1) is 40.9. The van der Waals surface area contributed by atoms with E-state index in [9.17, 15) is 14.0 Å². The van der Waals surface area contributed by atoms with Crippen molar-refractivity contribution in [1.82, 2.24) is 49.5 Å². The third kappa shape index (κ3) is 18.3. The van der Waals surface area contributed by atoms with Crippen LogP contribution in [0.2, 0.25) is 15.2 Å². The summed E-state index contributed by atoms with van der Waals surface area (Å²) in [7, 11) is 2.69. The number of benzene rings is 2. The minimum absolute atomic E-state index is 0.00685. The van der Waals surface area contributed by atoms with Gasteiger partial charge < -0.3 is 29.3 Å². The molecule has 0 saturated carbocycles. The Balaban J connectivity index is 0.000000177. The van der Waals surface area contributed by atoms with Gasteiger partial charge in [-0.05, 0) is 132 Å². The molecule has 0 radical (unpaired) electrons. The molecule has 8 aromatic rings. The van der Waals surface area contributed by atoms with Crippen LogP contribution in [0.15, 0.2) is 90.4 Å². The summed E-state index contributed by atoms with van der Waals surface area (Å²) in [5.74, 6) is -0.0893. The van der Waals surface area contributed by atoms with Crippen molar-refractivity contribution in [1.29, 1.82) is 0 Å². The molecule has 0 atom stereocenters. The number of aryl methyl sites for hydroxylation is 4. The molecule has 2 saturated heterocycles. The number of thiazole rings is 2. The van der Waals surface area contributed by atoms with Crippen LogP contribution in [0.1, 0.15) is 150 Å². The molecule has 6 aromatic heterocycles. The highest BCUT2D eigenvalue weighted by molar-refractivity contribution is 9.10. The molecule has 0 spiro atoms. The smallest absolute Gasteiger partial charge is 0.405 e. The molecule has 18 nitrogen and oxygen atoms in total. The number of halogens is 6. The third-order valence-corrected chi connectivity index (χ3v) is 19.0. The van der Waals surface area contributed by atoms with Crippen molar-refractivity contribution in [3.8, 4) is 11.3 Å². The number of carbonyl (C=O) groups is 2. The van der Waals surface area contributed by atoms with Crippen LogP contribution in [0.4, 0.5) is 32.1 Å². The number of hydrogen-bond acceptors (Lipinski definition) is 18. The first kappa shape index (κ1) is 69.9. The van der Waals surface area contributed by atoms with E-state index in [0.29, 0.717) is 76.7 Å². The van der Waals surface area contributed by atoms with Gasteiger partial charge in [-0.25, -0.2) is 38.7 Å². The summed E-state index contributed by atoms with van der Waals surface area (Å²) in [6.45, 7) is 28.6. The van der Waals surface area contributed by atoms with Crippen molar-refractivity contribution in [2.24, 2.45) is 14.1 Å². The predicted octanol–water partition coefficient (Wildman–Crippen LogP) is 15.7. The Labute approximate surface area is 545 Å². The second-order valence-corrected chi connectivity index (χ2v) is 29.1. The van der Waals surface area contributed by atoms with Gasteiger partial charge in [-0.3, -0.25) is 19.0 Å². The summed E-state index contributed by atoms with van der Waals surface area (Å²) < 4.78 is 56.1. The van der Waals surface area contributed by atoms with Gasteiger partial charge >= 0.3 is 14.0 Å². The predicted molar refractivity (Wildman–Crippen MR) is 351 cm³/mol. The topological polar surface area (TPSA) is 208 Å². The fraction of sp³-hybridized carbons (Fsp3) is 0.433. The van der Waals surface area contributed by atoms with Crippen LogP contribution in [-0.2, 0) is 56.4 Å². The average molecular weight is 1370 g/mol. The van der Waals surface area contributed by atoms with Crippen molar-refractivity contribution in [3.63, 3.8) is 0 Å². The molecule has 0 amide bonds. The zero-order chi connectivity index (χ0) is 64.9. The van der Waals surface area contributed by atoms with Crippen molar-refractivity contribution in [2.45, 2.75) is 156 Å². The van der Waals surface area contributed by atoms with Gasteiger partial charge in [0.2, 0.25) is 11.9 Å². The zero-order valence-electron chi connectivity index (χ0n) is 52.1. The van der Waals surface area contributed by atoms with Crippen LogP contribution in [0.3, 0.4) is 0 Å². The second-order valence-electron chi connectivity index (χ2n) is 25.0. The third-order valence-electron chi connectivity index (χ3n) is 14.6. The Hall–Kier alpha value is -5.60. The van der Waals surface area contributed by atoms with E-state index in [4.69, 9.17) is 53.4 Å². The molecule has 2 aliphatic rings. The lowest BCUT2D eigenvalue weighted by molar-refractivity contribution is 0.00578. The summed E-state index contributed by atoms with van der Waals surface area (Å²) in [4.78, 5) is 51.4. The number of ketones is 2. The SMILES string of the molecule is CC(C)(C)c1ncc(C(=O)CCc2cc(F)c(Br)cc2Cl)s1.CC1(C)OB(B2OC(C)(C)C(C)(C)O2)OC1(C)C.Cn1cc(Nc2nccc(-c3cc(Cl)c(CCC(=O)c4cnc(C(C)(C)C)s4)cc3F)n2)cn1.Cn1cc(Nc2nccc(Cl)n2)cn1. The van der Waals surface area contributed by atoms with Crippen molar-refractivity contribution in [3.05, 3.63) is 148 Å². The molecule has 468 valence electrons. The lowest BCUT2D eigenvalue weighted by Gasteiger charge is -2.32. The number of carbonyl (C=O) groups excluding carboxylic acids is 2. The molecule has 2 aliphatic heterocycles. The van der Waals surface area contributed by atoms with Gasteiger partial charge in [0.05, 0.1) is 76.1 Å². The zero-order valence-corrected chi connectivity index (χ0v) is 57.6. The number of Topliss-reactive ketones (excluding diaryl/α,β-unsaturated/α-hetero) is 2. The van der Waals surface area contributed by atoms with Crippen LogP contribution in [0.5, 0.6) is 0 Å². The first-order valence-corrected chi connectivity index (χ1v) is 31.6. The van der Waals surface area contributed by atoms with Crippen LogP contribution >= 0.6 is 73.4 Å². The molecule has 0 bridgehead atoms. The lowest BCUT2D eigenvalue weighted by atomic mass is 9.49. The molecule has 88 heavy (non-hydrogen) atoms. The van der Waals surface area contributed by atoms with E-state index < -0.39 is 19.8 Å². The highest BCUT2D eigenvalue weighted by Gasteiger charge is 2.63. The summed E-state index contributed by atoms with van der Waals surface area (Å²) in [6, 6.07) is 9.03. The number of hydrogen-bond donors (Lipinski definition) is 2. The normalized spacial score (nSPS) is 15.6. The largest absolute Gasteiger partial charge is 0.488 e. The van der Waals surface area contributed by atoms with Crippen LogP contribution in [0, 0.1) is 11.6 Å². The quantitative estimate of drug-likeness (QED) is 0.0449. The van der Waals surface area contributed by atoms with Gasteiger partial charge in [0.1, 0.15) is 16.8 Å². The van der Waals surface area contributed by atoms with E-state index in [1.807, 2.05) is 68.6 Å². The fourth-order valence-corrected chi connectivity index (χ4v) is 11.2.